The lowest BCUT2D eigenvalue weighted by atomic mass is 9.88. The second-order valence-electron chi connectivity index (χ2n) is 9.60. The van der Waals surface area contributed by atoms with Crippen LogP contribution in [0.15, 0.2) is 97.6 Å². The predicted molar refractivity (Wildman–Crippen MR) is 156 cm³/mol. The molecule has 2 N–H and O–H groups in total. The molecule has 1 atom stereocenters. The molecule has 3 rings (SSSR count). The average Bonchev–Trinajstić information content (AvgIpc) is 2.93. The van der Waals surface area contributed by atoms with Crippen LogP contribution in [-0.4, -0.2) is 50.3 Å². The fourth-order valence-electron chi connectivity index (χ4n) is 4.54. The molecule has 0 aromatic heterocycles. The summed E-state index contributed by atoms with van der Waals surface area (Å²) >= 11 is 0. The third kappa shape index (κ3) is 8.59. The molecule has 5 nitrogen and oxygen atoms in total. The van der Waals surface area contributed by atoms with E-state index in [4.69, 9.17) is 0 Å². The minimum Gasteiger partial charge on any atom is -0.320 e. The predicted octanol–water partition coefficient (Wildman–Crippen LogP) is 6.18. The Labute approximate surface area is 223 Å². The molecule has 0 aliphatic carbocycles. The number of amides is 2. The van der Waals surface area contributed by atoms with Gasteiger partial charge in [0.05, 0.1) is 6.67 Å². The molecule has 196 valence electrons. The van der Waals surface area contributed by atoms with Gasteiger partial charge in [-0.15, -0.1) is 6.58 Å². The van der Waals surface area contributed by atoms with Crippen molar-refractivity contribution < 1.29 is 4.79 Å². The summed E-state index contributed by atoms with van der Waals surface area (Å²) in [6, 6.07) is 29.5. The number of benzene rings is 3. The lowest BCUT2D eigenvalue weighted by Crippen LogP contribution is -2.49. The Bertz CT molecular complexity index is 1050. The van der Waals surface area contributed by atoms with Crippen molar-refractivity contribution in [1.82, 2.24) is 15.5 Å². The quantitative estimate of drug-likeness (QED) is 0.206. The van der Waals surface area contributed by atoms with Gasteiger partial charge in [0.2, 0.25) is 0 Å². The van der Waals surface area contributed by atoms with Gasteiger partial charge in [-0.2, -0.15) is 0 Å². The molecule has 0 radical (unpaired) electrons. The van der Waals surface area contributed by atoms with Gasteiger partial charge >= 0.3 is 6.03 Å². The van der Waals surface area contributed by atoms with Crippen LogP contribution in [0.25, 0.3) is 0 Å². The van der Waals surface area contributed by atoms with Gasteiger partial charge in [-0.05, 0) is 69.1 Å². The number of nitrogens with one attached hydrogen (secondary N) is 2. The molecule has 2 amide bonds. The maximum absolute atomic E-state index is 14.0. The molecule has 0 saturated heterocycles. The van der Waals surface area contributed by atoms with Gasteiger partial charge < -0.3 is 10.2 Å². The van der Waals surface area contributed by atoms with Gasteiger partial charge in [0, 0.05) is 30.7 Å². The third-order valence-electron chi connectivity index (χ3n) is 6.68. The smallest absolute Gasteiger partial charge is 0.320 e. The van der Waals surface area contributed by atoms with Gasteiger partial charge in [0.15, 0.2) is 0 Å². The molecule has 0 bridgehead atoms. The van der Waals surface area contributed by atoms with E-state index >= 15 is 0 Å². The highest BCUT2D eigenvalue weighted by Gasteiger charge is 2.24. The first kappa shape index (κ1) is 28.2. The highest BCUT2D eigenvalue weighted by molar-refractivity contribution is 5.92. The standard InChI is InChI=1S/C32H42N4O/c1-5-22-36(30-18-12-13-26(2)24-30)32(37)35(25-34-27(3)19-21-33-4)23-20-31(28-14-8-6-9-15-28)29-16-10-7-11-17-29/h5-18,24,27,31,33-34H,1,19-23,25H2,2-4H3. The zero-order chi connectivity index (χ0) is 26.5. The van der Waals surface area contributed by atoms with E-state index in [1.807, 2.05) is 54.1 Å². The van der Waals surface area contributed by atoms with Crippen LogP contribution in [0.1, 0.15) is 42.4 Å². The Kier molecular flexibility index (Phi) is 11.4. The van der Waals surface area contributed by atoms with Crippen LogP contribution in [0.3, 0.4) is 0 Å². The van der Waals surface area contributed by atoms with Crippen LogP contribution in [0.2, 0.25) is 0 Å². The fraction of sp³-hybridized carbons (Fsp3) is 0.344. The molecule has 0 aliphatic heterocycles. The first-order valence-corrected chi connectivity index (χ1v) is 13.2. The Morgan fingerprint density at radius 3 is 2.16 bits per heavy atom. The van der Waals surface area contributed by atoms with Crippen LogP contribution >= 0.6 is 0 Å². The van der Waals surface area contributed by atoms with E-state index in [0.717, 1.165) is 30.6 Å². The lowest BCUT2D eigenvalue weighted by molar-refractivity contribution is 0.195. The van der Waals surface area contributed by atoms with Crippen molar-refractivity contribution in [3.63, 3.8) is 0 Å². The Balaban J connectivity index is 1.85. The van der Waals surface area contributed by atoms with E-state index < -0.39 is 0 Å². The number of hydrogen-bond donors (Lipinski definition) is 2. The molecule has 0 fully saturated rings. The largest absolute Gasteiger partial charge is 0.325 e. The number of rotatable bonds is 14. The van der Waals surface area contributed by atoms with Crippen LogP contribution in [0.5, 0.6) is 0 Å². The van der Waals surface area contributed by atoms with Crippen molar-refractivity contribution in [3.05, 3.63) is 114 Å². The molecular formula is C32H42N4O. The van der Waals surface area contributed by atoms with Crippen molar-refractivity contribution in [3.8, 4) is 0 Å². The normalized spacial score (nSPS) is 11.8. The van der Waals surface area contributed by atoms with E-state index in [2.05, 4.69) is 78.7 Å². The Morgan fingerprint density at radius 2 is 1.59 bits per heavy atom. The van der Waals surface area contributed by atoms with Gasteiger partial charge in [-0.3, -0.25) is 10.2 Å². The van der Waals surface area contributed by atoms with Gasteiger partial charge in [-0.25, -0.2) is 4.79 Å². The zero-order valence-electron chi connectivity index (χ0n) is 22.6. The topological polar surface area (TPSA) is 47.6 Å². The van der Waals surface area contributed by atoms with Crippen molar-refractivity contribution in [2.45, 2.75) is 38.6 Å². The first-order chi connectivity index (χ1) is 18.0. The summed E-state index contributed by atoms with van der Waals surface area (Å²) in [6.07, 6.45) is 3.60. The number of hydrogen-bond acceptors (Lipinski definition) is 3. The molecule has 37 heavy (non-hydrogen) atoms. The van der Waals surface area contributed by atoms with E-state index in [0.29, 0.717) is 19.8 Å². The second-order valence-corrected chi connectivity index (χ2v) is 9.60. The van der Waals surface area contributed by atoms with Crippen LogP contribution in [0.4, 0.5) is 10.5 Å². The van der Waals surface area contributed by atoms with Gasteiger partial charge in [0.1, 0.15) is 0 Å². The van der Waals surface area contributed by atoms with Crippen LogP contribution in [-0.2, 0) is 0 Å². The Hall–Kier alpha value is -3.41. The van der Waals surface area contributed by atoms with Crippen LogP contribution in [0, 0.1) is 6.92 Å². The molecule has 5 heteroatoms. The molecule has 0 heterocycles. The first-order valence-electron chi connectivity index (χ1n) is 13.2. The summed E-state index contributed by atoms with van der Waals surface area (Å²) in [4.78, 5) is 17.8. The minimum absolute atomic E-state index is 0.0151. The van der Waals surface area contributed by atoms with E-state index in [1.165, 1.54) is 11.1 Å². The SMILES string of the molecule is C=CCN(C(=O)N(CCC(c1ccccc1)c1ccccc1)CNC(C)CCNC)c1cccc(C)c1. The molecule has 3 aromatic rings. The van der Waals surface area contributed by atoms with E-state index in [-0.39, 0.29) is 18.0 Å². The van der Waals surface area contributed by atoms with Crippen molar-refractivity contribution in [1.29, 1.82) is 0 Å². The molecule has 0 spiro atoms. The van der Waals surface area contributed by atoms with Gasteiger partial charge in [0.25, 0.3) is 0 Å². The lowest BCUT2D eigenvalue weighted by Gasteiger charge is -2.32. The number of anilines is 1. The van der Waals surface area contributed by atoms with Crippen molar-refractivity contribution in [2.24, 2.45) is 0 Å². The number of carbonyl (C=O) groups is 1. The van der Waals surface area contributed by atoms with Crippen molar-refractivity contribution in [2.75, 3.05) is 38.3 Å². The Morgan fingerprint density at radius 1 is 0.946 bits per heavy atom. The van der Waals surface area contributed by atoms with Gasteiger partial charge in [-0.1, -0.05) is 78.9 Å². The highest BCUT2D eigenvalue weighted by Crippen LogP contribution is 2.28. The maximum Gasteiger partial charge on any atom is 0.325 e. The monoisotopic (exact) mass is 498 g/mol. The summed E-state index contributed by atoms with van der Waals surface area (Å²) in [5, 5.41) is 6.78. The molecule has 1 unspecified atom stereocenters. The summed E-state index contributed by atoms with van der Waals surface area (Å²) < 4.78 is 0. The number of carbonyl (C=O) groups excluding carboxylic acids is 1. The number of urea groups is 1. The highest BCUT2D eigenvalue weighted by atomic mass is 16.2. The number of nitrogens with zero attached hydrogens (tertiary/aromatic N) is 2. The fourth-order valence-corrected chi connectivity index (χ4v) is 4.54. The van der Waals surface area contributed by atoms with Crippen molar-refractivity contribution >= 4 is 11.7 Å². The summed E-state index contributed by atoms with van der Waals surface area (Å²) in [6.45, 7) is 10.6. The van der Waals surface area contributed by atoms with E-state index in [9.17, 15) is 4.79 Å². The molecular weight excluding hydrogens is 456 g/mol. The molecule has 0 aliphatic rings. The van der Waals surface area contributed by atoms with E-state index in [1.54, 1.807) is 6.08 Å². The molecule has 0 saturated carbocycles. The minimum atomic E-state index is -0.0151. The maximum atomic E-state index is 14.0. The summed E-state index contributed by atoms with van der Waals surface area (Å²) in [5.41, 5.74) is 4.54. The average molecular weight is 499 g/mol. The third-order valence-corrected chi connectivity index (χ3v) is 6.68. The second kappa shape index (κ2) is 15.0. The summed E-state index contributed by atoms with van der Waals surface area (Å²) in [7, 11) is 1.96. The molecule has 3 aromatic carbocycles. The zero-order valence-corrected chi connectivity index (χ0v) is 22.6. The summed E-state index contributed by atoms with van der Waals surface area (Å²) in [5.74, 6) is 0.200. The van der Waals surface area contributed by atoms with Crippen LogP contribution < -0.4 is 15.5 Å². The number of aryl methyl sites for hydroxylation is 1.